The van der Waals surface area contributed by atoms with Gasteiger partial charge in [0.1, 0.15) is 5.60 Å². The number of nitrogens with zero attached hydrogens (tertiary/aromatic N) is 1. The Balaban J connectivity index is 1.82. The average molecular weight is 322 g/mol. The summed E-state index contributed by atoms with van der Waals surface area (Å²) in [6, 6.07) is 5.35. The lowest BCUT2D eigenvalue weighted by Gasteiger charge is -2.19. The minimum absolute atomic E-state index is 0.110. The zero-order valence-corrected chi connectivity index (χ0v) is 13.5. The van der Waals surface area contributed by atoms with Crippen LogP contribution >= 0.6 is 11.3 Å². The van der Waals surface area contributed by atoms with Crippen molar-refractivity contribution in [3.63, 3.8) is 0 Å². The molecule has 0 radical (unpaired) electrons. The predicted molar refractivity (Wildman–Crippen MR) is 82.6 cm³/mol. The molecule has 0 saturated heterocycles. The van der Waals surface area contributed by atoms with Crippen LogP contribution < -0.4 is 5.32 Å². The highest BCUT2D eigenvalue weighted by atomic mass is 32.1. The van der Waals surface area contributed by atoms with Crippen molar-refractivity contribution in [3.05, 3.63) is 29.3 Å². The molecule has 0 bridgehead atoms. The first-order valence-electron chi connectivity index (χ1n) is 6.86. The SMILES string of the molecule is CC(C)(C)OC(=O)CCNC(=O)c1cc(-c2cccs2)on1. The fourth-order valence-electron chi connectivity index (χ4n) is 1.68. The van der Waals surface area contributed by atoms with Crippen LogP contribution in [0.1, 0.15) is 37.7 Å². The van der Waals surface area contributed by atoms with Crippen molar-refractivity contribution in [3.8, 4) is 10.6 Å². The van der Waals surface area contributed by atoms with E-state index in [0.29, 0.717) is 5.76 Å². The molecule has 0 spiro atoms. The van der Waals surface area contributed by atoms with E-state index in [1.54, 1.807) is 26.8 Å². The van der Waals surface area contributed by atoms with Crippen molar-refractivity contribution in [2.45, 2.75) is 32.8 Å². The van der Waals surface area contributed by atoms with Gasteiger partial charge in [0.2, 0.25) is 0 Å². The van der Waals surface area contributed by atoms with Crippen LogP contribution in [0.25, 0.3) is 10.6 Å². The lowest BCUT2D eigenvalue weighted by atomic mass is 10.2. The molecule has 2 aromatic heterocycles. The van der Waals surface area contributed by atoms with Crippen molar-refractivity contribution in [1.82, 2.24) is 10.5 Å². The molecule has 0 unspecified atom stereocenters. The molecule has 7 heteroatoms. The summed E-state index contributed by atoms with van der Waals surface area (Å²) in [6.45, 7) is 5.58. The fraction of sp³-hybridized carbons (Fsp3) is 0.400. The first-order chi connectivity index (χ1) is 10.3. The number of hydrogen-bond acceptors (Lipinski definition) is 6. The predicted octanol–water partition coefficient (Wildman–Crippen LogP) is 2.86. The second kappa shape index (κ2) is 6.74. The number of thiophene rings is 1. The maximum absolute atomic E-state index is 11.9. The van der Waals surface area contributed by atoms with E-state index in [1.165, 1.54) is 11.3 Å². The van der Waals surface area contributed by atoms with E-state index in [-0.39, 0.29) is 30.5 Å². The smallest absolute Gasteiger partial charge is 0.308 e. The van der Waals surface area contributed by atoms with Crippen LogP contribution in [-0.4, -0.2) is 29.2 Å². The van der Waals surface area contributed by atoms with E-state index in [2.05, 4.69) is 10.5 Å². The Labute approximate surface area is 132 Å². The van der Waals surface area contributed by atoms with Gasteiger partial charge in [0, 0.05) is 12.6 Å². The quantitative estimate of drug-likeness (QED) is 0.856. The van der Waals surface area contributed by atoms with E-state index >= 15 is 0 Å². The van der Waals surface area contributed by atoms with Gasteiger partial charge in [-0.15, -0.1) is 11.3 Å². The third kappa shape index (κ3) is 4.70. The molecule has 118 valence electrons. The molecule has 1 amide bonds. The van der Waals surface area contributed by atoms with Crippen molar-refractivity contribution >= 4 is 23.2 Å². The molecule has 0 aromatic carbocycles. The number of amides is 1. The van der Waals surface area contributed by atoms with Crippen LogP contribution in [0.3, 0.4) is 0 Å². The zero-order chi connectivity index (χ0) is 16.2. The summed E-state index contributed by atoms with van der Waals surface area (Å²) in [4.78, 5) is 24.3. The van der Waals surface area contributed by atoms with Crippen LogP contribution in [0.15, 0.2) is 28.1 Å². The minimum atomic E-state index is -0.525. The number of hydrogen-bond donors (Lipinski definition) is 1. The van der Waals surface area contributed by atoms with E-state index in [0.717, 1.165) is 4.88 Å². The lowest BCUT2D eigenvalue weighted by molar-refractivity contribution is -0.154. The molecular weight excluding hydrogens is 304 g/mol. The number of nitrogens with one attached hydrogen (secondary N) is 1. The molecule has 2 rings (SSSR count). The largest absolute Gasteiger partial charge is 0.460 e. The molecule has 0 atom stereocenters. The van der Waals surface area contributed by atoms with E-state index in [4.69, 9.17) is 9.26 Å². The van der Waals surface area contributed by atoms with Gasteiger partial charge in [-0.1, -0.05) is 11.2 Å². The highest BCUT2D eigenvalue weighted by Gasteiger charge is 2.17. The number of carbonyl (C=O) groups excluding carboxylic acids is 2. The molecular formula is C15H18N2O4S. The van der Waals surface area contributed by atoms with Gasteiger partial charge in [-0.25, -0.2) is 0 Å². The normalized spacial score (nSPS) is 11.2. The van der Waals surface area contributed by atoms with Gasteiger partial charge in [0.25, 0.3) is 5.91 Å². The summed E-state index contributed by atoms with van der Waals surface area (Å²) in [5.41, 5.74) is -0.337. The zero-order valence-electron chi connectivity index (χ0n) is 12.7. The van der Waals surface area contributed by atoms with Gasteiger partial charge in [0.05, 0.1) is 11.3 Å². The Hall–Kier alpha value is -2.15. The Morgan fingerprint density at radius 3 is 2.82 bits per heavy atom. The van der Waals surface area contributed by atoms with Crippen LogP contribution in [0.2, 0.25) is 0 Å². The minimum Gasteiger partial charge on any atom is -0.460 e. The second-order valence-electron chi connectivity index (χ2n) is 5.65. The Bertz CT molecular complexity index is 641. The third-order valence-electron chi connectivity index (χ3n) is 2.54. The molecule has 0 aliphatic heterocycles. The summed E-state index contributed by atoms with van der Waals surface area (Å²) >= 11 is 1.50. The molecule has 0 saturated carbocycles. The number of rotatable bonds is 5. The van der Waals surface area contributed by atoms with Crippen molar-refractivity contribution in [2.24, 2.45) is 0 Å². The first-order valence-corrected chi connectivity index (χ1v) is 7.74. The summed E-state index contributed by atoms with van der Waals surface area (Å²) in [5.74, 6) is -0.186. The molecule has 0 fully saturated rings. The van der Waals surface area contributed by atoms with Crippen molar-refractivity contribution in [1.29, 1.82) is 0 Å². The Kier molecular flexibility index (Phi) is 4.97. The van der Waals surface area contributed by atoms with Crippen molar-refractivity contribution in [2.75, 3.05) is 6.54 Å². The molecule has 0 aliphatic carbocycles. The number of carbonyl (C=O) groups is 2. The van der Waals surface area contributed by atoms with Gasteiger partial charge in [0.15, 0.2) is 11.5 Å². The van der Waals surface area contributed by atoms with E-state index in [1.807, 2.05) is 17.5 Å². The average Bonchev–Trinajstić information content (AvgIpc) is 3.07. The highest BCUT2D eigenvalue weighted by Crippen LogP contribution is 2.24. The molecule has 1 N–H and O–H groups in total. The summed E-state index contributed by atoms with van der Waals surface area (Å²) in [5, 5.41) is 8.26. The fourth-order valence-corrected chi connectivity index (χ4v) is 2.35. The van der Waals surface area contributed by atoms with Crippen LogP contribution in [0.4, 0.5) is 0 Å². The monoisotopic (exact) mass is 322 g/mol. The second-order valence-corrected chi connectivity index (χ2v) is 6.59. The topological polar surface area (TPSA) is 81.4 Å². The number of esters is 1. The number of aromatic nitrogens is 1. The summed E-state index contributed by atoms with van der Waals surface area (Å²) < 4.78 is 10.3. The first kappa shape index (κ1) is 16.2. The van der Waals surface area contributed by atoms with Gasteiger partial charge in [-0.05, 0) is 32.2 Å². The Morgan fingerprint density at radius 1 is 1.41 bits per heavy atom. The molecule has 0 aliphatic rings. The van der Waals surface area contributed by atoms with Crippen molar-refractivity contribution < 1.29 is 18.8 Å². The molecule has 2 heterocycles. The van der Waals surface area contributed by atoms with Crippen LogP contribution in [0.5, 0.6) is 0 Å². The maximum Gasteiger partial charge on any atom is 0.308 e. The molecule has 6 nitrogen and oxygen atoms in total. The number of ether oxygens (including phenoxy) is 1. The molecule has 22 heavy (non-hydrogen) atoms. The standard InChI is InChI=1S/C15H18N2O4S/c1-15(2,3)20-13(18)6-7-16-14(19)10-9-11(21-17-10)12-5-4-8-22-12/h4-5,8-9H,6-7H2,1-3H3,(H,16,19). The summed E-state index contributed by atoms with van der Waals surface area (Å²) in [6.07, 6.45) is 0.110. The molecule has 2 aromatic rings. The van der Waals surface area contributed by atoms with Gasteiger partial charge >= 0.3 is 5.97 Å². The van der Waals surface area contributed by atoms with Gasteiger partial charge in [-0.2, -0.15) is 0 Å². The van der Waals surface area contributed by atoms with E-state index < -0.39 is 5.60 Å². The van der Waals surface area contributed by atoms with E-state index in [9.17, 15) is 9.59 Å². The van der Waals surface area contributed by atoms with Crippen LogP contribution in [-0.2, 0) is 9.53 Å². The maximum atomic E-state index is 11.9. The lowest BCUT2D eigenvalue weighted by Crippen LogP contribution is -2.29. The van der Waals surface area contributed by atoms with Gasteiger partial charge in [-0.3, -0.25) is 9.59 Å². The summed E-state index contributed by atoms with van der Waals surface area (Å²) in [7, 11) is 0. The van der Waals surface area contributed by atoms with Crippen LogP contribution in [0, 0.1) is 0 Å². The third-order valence-corrected chi connectivity index (χ3v) is 3.43. The Morgan fingerprint density at radius 2 is 2.18 bits per heavy atom. The highest BCUT2D eigenvalue weighted by molar-refractivity contribution is 7.13. The van der Waals surface area contributed by atoms with Gasteiger partial charge < -0.3 is 14.6 Å².